The average molecular weight is 295 g/mol. The van der Waals surface area contributed by atoms with Gasteiger partial charge >= 0.3 is 12.1 Å². The van der Waals surface area contributed by atoms with E-state index >= 15 is 0 Å². The number of rotatable bonds is 4. The molecule has 0 aromatic heterocycles. The standard InChI is InChI=1S/C16H25NO4/c1-11(13(18)20-7)10-12(2)16(8-9-16)17(6)14(19)21-15(3,4)5/h10H,2,8-9H2,1,3-7H3/b11-10+. The summed E-state index contributed by atoms with van der Waals surface area (Å²) in [5.41, 5.74) is 0.197. The number of hydrogen-bond donors (Lipinski definition) is 0. The predicted octanol–water partition coefficient (Wildman–Crippen LogP) is 3.06. The number of carbonyl (C=O) groups excluding carboxylic acids is 2. The van der Waals surface area contributed by atoms with Crippen molar-refractivity contribution in [3.8, 4) is 0 Å². The molecule has 118 valence electrons. The van der Waals surface area contributed by atoms with E-state index in [1.165, 1.54) is 7.11 Å². The fourth-order valence-electron chi connectivity index (χ4n) is 2.11. The molecule has 5 nitrogen and oxygen atoms in total. The Bertz CT molecular complexity index is 481. The van der Waals surface area contributed by atoms with Crippen molar-refractivity contribution in [2.75, 3.05) is 14.2 Å². The summed E-state index contributed by atoms with van der Waals surface area (Å²) in [7, 11) is 3.04. The molecule has 1 aliphatic carbocycles. The van der Waals surface area contributed by atoms with Crippen molar-refractivity contribution >= 4 is 12.1 Å². The highest BCUT2D eigenvalue weighted by molar-refractivity contribution is 5.88. The minimum Gasteiger partial charge on any atom is -0.466 e. The number of methoxy groups -OCH3 is 1. The first-order chi connectivity index (χ1) is 9.53. The van der Waals surface area contributed by atoms with Crippen molar-refractivity contribution in [2.45, 2.75) is 51.7 Å². The van der Waals surface area contributed by atoms with E-state index in [1.807, 2.05) is 20.8 Å². The molecule has 0 saturated heterocycles. The van der Waals surface area contributed by atoms with Crippen molar-refractivity contribution < 1.29 is 19.1 Å². The van der Waals surface area contributed by atoms with E-state index < -0.39 is 17.1 Å². The molecular formula is C16H25NO4. The van der Waals surface area contributed by atoms with E-state index in [0.717, 1.165) is 18.4 Å². The fourth-order valence-corrected chi connectivity index (χ4v) is 2.11. The monoisotopic (exact) mass is 295 g/mol. The minimum atomic E-state index is -0.541. The zero-order valence-corrected chi connectivity index (χ0v) is 13.8. The molecule has 0 spiro atoms. The normalized spacial score (nSPS) is 17.0. The molecule has 0 radical (unpaired) electrons. The average Bonchev–Trinajstić information content (AvgIpc) is 3.16. The van der Waals surface area contributed by atoms with E-state index in [2.05, 4.69) is 11.3 Å². The summed E-state index contributed by atoms with van der Waals surface area (Å²) in [4.78, 5) is 25.2. The lowest BCUT2D eigenvalue weighted by molar-refractivity contribution is -0.136. The third-order valence-corrected chi connectivity index (χ3v) is 3.53. The van der Waals surface area contributed by atoms with Crippen LogP contribution in [0.15, 0.2) is 23.8 Å². The lowest BCUT2D eigenvalue weighted by atomic mass is 10.0. The summed E-state index contributed by atoms with van der Waals surface area (Å²) in [5.74, 6) is -0.396. The second-order valence-corrected chi connectivity index (χ2v) is 6.42. The number of esters is 1. The molecule has 0 N–H and O–H groups in total. The van der Waals surface area contributed by atoms with Gasteiger partial charge in [-0.2, -0.15) is 0 Å². The van der Waals surface area contributed by atoms with E-state index in [0.29, 0.717) is 5.57 Å². The first-order valence-electron chi connectivity index (χ1n) is 6.96. The Balaban J connectivity index is 2.84. The molecule has 0 aliphatic heterocycles. The summed E-state index contributed by atoms with van der Waals surface area (Å²) in [6.07, 6.45) is 2.92. The van der Waals surface area contributed by atoms with Crippen molar-refractivity contribution in [1.82, 2.24) is 4.90 Å². The maximum Gasteiger partial charge on any atom is 0.410 e. The van der Waals surface area contributed by atoms with Crippen LogP contribution >= 0.6 is 0 Å². The van der Waals surface area contributed by atoms with Gasteiger partial charge in [-0.05, 0) is 52.2 Å². The molecule has 0 bridgehead atoms. The SMILES string of the molecule is C=C(/C=C(\C)C(=O)OC)C1(N(C)C(=O)OC(C)(C)C)CC1. The molecule has 1 fully saturated rings. The Morgan fingerprint density at radius 1 is 1.29 bits per heavy atom. The predicted molar refractivity (Wildman–Crippen MR) is 80.9 cm³/mol. The molecule has 1 amide bonds. The van der Waals surface area contributed by atoms with Gasteiger partial charge in [-0.3, -0.25) is 0 Å². The largest absolute Gasteiger partial charge is 0.466 e. The summed E-state index contributed by atoms with van der Waals surface area (Å²) in [5, 5.41) is 0. The van der Waals surface area contributed by atoms with Gasteiger partial charge < -0.3 is 14.4 Å². The molecule has 1 aliphatic rings. The molecule has 1 rings (SSSR count). The highest BCUT2D eigenvalue weighted by Gasteiger charge is 2.51. The molecule has 0 aromatic rings. The second kappa shape index (κ2) is 5.92. The molecule has 21 heavy (non-hydrogen) atoms. The molecule has 0 aromatic carbocycles. The maximum atomic E-state index is 12.2. The second-order valence-electron chi connectivity index (χ2n) is 6.42. The summed E-state index contributed by atoms with van der Waals surface area (Å²) in [6, 6.07) is 0. The Morgan fingerprint density at radius 2 is 1.81 bits per heavy atom. The molecule has 0 atom stereocenters. The van der Waals surface area contributed by atoms with Crippen molar-refractivity contribution in [2.24, 2.45) is 0 Å². The van der Waals surface area contributed by atoms with Crippen molar-refractivity contribution in [1.29, 1.82) is 0 Å². The zero-order valence-electron chi connectivity index (χ0n) is 13.8. The van der Waals surface area contributed by atoms with Gasteiger partial charge in [0.05, 0.1) is 12.6 Å². The topological polar surface area (TPSA) is 55.8 Å². The first-order valence-corrected chi connectivity index (χ1v) is 6.96. The van der Waals surface area contributed by atoms with Gasteiger partial charge in [0.15, 0.2) is 0 Å². The quantitative estimate of drug-likeness (QED) is 0.454. The summed E-state index contributed by atoms with van der Waals surface area (Å²) < 4.78 is 10.0. The van der Waals surface area contributed by atoms with Crippen LogP contribution in [0.5, 0.6) is 0 Å². The Labute approximate surface area is 126 Å². The smallest absolute Gasteiger partial charge is 0.410 e. The Hall–Kier alpha value is -1.78. The van der Waals surface area contributed by atoms with Gasteiger partial charge in [0.1, 0.15) is 5.60 Å². The summed E-state index contributed by atoms with van der Waals surface area (Å²) in [6.45, 7) is 11.2. The van der Waals surface area contributed by atoms with Crippen LogP contribution in [0.3, 0.4) is 0 Å². The Kier molecular flexibility index (Phi) is 4.87. The van der Waals surface area contributed by atoms with Crippen LogP contribution in [0.2, 0.25) is 0 Å². The third kappa shape index (κ3) is 4.09. The van der Waals surface area contributed by atoms with Gasteiger partial charge in [0, 0.05) is 12.6 Å². The summed E-state index contributed by atoms with van der Waals surface area (Å²) >= 11 is 0. The number of ether oxygens (including phenoxy) is 2. The van der Waals surface area contributed by atoms with E-state index in [1.54, 1.807) is 24.9 Å². The van der Waals surface area contributed by atoms with Crippen LogP contribution in [-0.2, 0) is 14.3 Å². The number of carbonyl (C=O) groups is 2. The number of amides is 1. The van der Waals surface area contributed by atoms with E-state index in [9.17, 15) is 9.59 Å². The van der Waals surface area contributed by atoms with Gasteiger partial charge in [0.25, 0.3) is 0 Å². The van der Waals surface area contributed by atoms with Crippen LogP contribution < -0.4 is 0 Å². The molecule has 0 heterocycles. The first kappa shape index (κ1) is 17.3. The van der Waals surface area contributed by atoms with Crippen LogP contribution in [0.25, 0.3) is 0 Å². The van der Waals surface area contributed by atoms with Gasteiger partial charge in [-0.15, -0.1) is 0 Å². The van der Waals surface area contributed by atoms with E-state index in [4.69, 9.17) is 4.74 Å². The maximum absolute atomic E-state index is 12.2. The zero-order chi connectivity index (χ0) is 16.4. The molecular weight excluding hydrogens is 270 g/mol. The van der Waals surface area contributed by atoms with Crippen molar-refractivity contribution in [3.05, 3.63) is 23.8 Å². The Morgan fingerprint density at radius 3 is 2.19 bits per heavy atom. The number of likely N-dealkylation sites (N-methyl/N-ethyl adjacent to an activating group) is 1. The lowest BCUT2D eigenvalue weighted by Crippen LogP contribution is -2.43. The third-order valence-electron chi connectivity index (χ3n) is 3.53. The van der Waals surface area contributed by atoms with Gasteiger partial charge in [-0.1, -0.05) is 6.58 Å². The van der Waals surface area contributed by atoms with Crippen LogP contribution in [0.1, 0.15) is 40.5 Å². The number of nitrogens with zero attached hydrogens (tertiary/aromatic N) is 1. The highest BCUT2D eigenvalue weighted by atomic mass is 16.6. The van der Waals surface area contributed by atoms with Crippen molar-refractivity contribution in [3.63, 3.8) is 0 Å². The lowest BCUT2D eigenvalue weighted by Gasteiger charge is -2.31. The minimum absolute atomic E-state index is 0.384. The molecule has 1 saturated carbocycles. The van der Waals surface area contributed by atoms with Crippen LogP contribution in [-0.4, -0.2) is 42.3 Å². The van der Waals surface area contributed by atoms with Crippen LogP contribution in [0.4, 0.5) is 4.79 Å². The molecule has 0 unspecified atom stereocenters. The van der Waals surface area contributed by atoms with Gasteiger partial charge in [-0.25, -0.2) is 9.59 Å². The van der Waals surface area contributed by atoms with Gasteiger partial charge in [0.2, 0.25) is 0 Å². The van der Waals surface area contributed by atoms with Crippen LogP contribution in [0, 0.1) is 0 Å². The molecule has 5 heteroatoms. The van der Waals surface area contributed by atoms with E-state index in [-0.39, 0.29) is 6.09 Å². The fraction of sp³-hybridized carbons (Fsp3) is 0.625. The highest BCUT2D eigenvalue weighted by Crippen LogP contribution is 2.47. The number of hydrogen-bond acceptors (Lipinski definition) is 4.